The highest BCUT2D eigenvalue weighted by molar-refractivity contribution is 5.88. The molecular weight excluding hydrogens is 164 g/mol. The van der Waals surface area contributed by atoms with Crippen molar-refractivity contribution >= 4 is 5.97 Å². The van der Waals surface area contributed by atoms with Gasteiger partial charge in [-0.05, 0) is 18.8 Å². The largest absolute Gasteiger partial charge is 0.466 e. The summed E-state index contributed by atoms with van der Waals surface area (Å²) in [6.07, 6.45) is 7.25. The first-order chi connectivity index (χ1) is 6.25. The van der Waals surface area contributed by atoms with E-state index in [1.807, 2.05) is 0 Å². The summed E-state index contributed by atoms with van der Waals surface area (Å²) < 4.78 is 4.67. The number of carbonyl (C=O) groups is 1. The Bertz CT molecular complexity index is 188. The van der Waals surface area contributed by atoms with Gasteiger partial charge in [0.2, 0.25) is 0 Å². The van der Waals surface area contributed by atoms with E-state index in [2.05, 4.69) is 11.3 Å². The third kappa shape index (κ3) is 2.87. The summed E-state index contributed by atoms with van der Waals surface area (Å²) >= 11 is 0. The minimum Gasteiger partial charge on any atom is -0.466 e. The van der Waals surface area contributed by atoms with Crippen LogP contribution in [0.4, 0.5) is 0 Å². The maximum absolute atomic E-state index is 11.2. The Hall–Kier alpha value is -0.790. The van der Waals surface area contributed by atoms with Crippen molar-refractivity contribution in [3.05, 3.63) is 12.2 Å². The Morgan fingerprint density at radius 3 is 2.23 bits per heavy atom. The van der Waals surface area contributed by atoms with Gasteiger partial charge < -0.3 is 4.74 Å². The molecule has 0 unspecified atom stereocenters. The maximum Gasteiger partial charge on any atom is 0.333 e. The molecule has 0 heterocycles. The monoisotopic (exact) mass is 182 g/mol. The van der Waals surface area contributed by atoms with E-state index in [0.717, 1.165) is 12.8 Å². The van der Waals surface area contributed by atoms with Gasteiger partial charge in [-0.3, -0.25) is 0 Å². The molecule has 1 rings (SSSR count). The Morgan fingerprint density at radius 2 is 1.77 bits per heavy atom. The second-order valence-corrected chi connectivity index (χ2v) is 3.71. The molecule has 13 heavy (non-hydrogen) atoms. The van der Waals surface area contributed by atoms with Gasteiger partial charge in [0.05, 0.1) is 7.11 Å². The molecule has 1 fully saturated rings. The topological polar surface area (TPSA) is 26.3 Å². The normalized spacial score (nSPS) is 19.2. The summed E-state index contributed by atoms with van der Waals surface area (Å²) in [7, 11) is 1.42. The van der Waals surface area contributed by atoms with Crippen molar-refractivity contribution in [2.24, 2.45) is 5.92 Å². The van der Waals surface area contributed by atoms with Gasteiger partial charge in [-0.15, -0.1) is 0 Å². The molecule has 2 nitrogen and oxygen atoms in total. The summed E-state index contributed by atoms with van der Waals surface area (Å²) in [4.78, 5) is 11.2. The Morgan fingerprint density at radius 1 is 1.23 bits per heavy atom. The number of carbonyl (C=O) groups excluding carboxylic acids is 1. The average Bonchev–Trinajstić information content (AvgIpc) is 2.43. The zero-order chi connectivity index (χ0) is 9.68. The number of esters is 1. The van der Waals surface area contributed by atoms with Crippen LogP contribution in [-0.2, 0) is 9.53 Å². The molecule has 0 radical (unpaired) electrons. The quantitative estimate of drug-likeness (QED) is 0.373. The van der Waals surface area contributed by atoms with Gasteiger partial charge in [-0.1, -0.05) is 32.3 Å². The highest BCUT2D eigenvalue weighted by Gasteiger charge is 2.20. The van der Waals surface area contributed by atoms with Crippen molar-refractivity contribution in [3.8, 4) is 0 Å². The first kappa shape index (κ1) is 10.3. The van der Waals surface area contributed by atoms with Gasteiger partial charge in [0.15, 0.2) is 0 Å². The Kier molecular flexibility index (Phi) is 4.00. The number of ether oxygens (including phenoxy) is 1. The van der Waals surface area contributed by atoms with Gasteiger partial charge in [-0.2, -0.15) is 0 Å². The maximum atomic E-state index is 11.2. The first-order valence-corrected chi connectivity index (χ1v) is 5.03. The SMILES string of the molecule is C=C(C(=O)OC)C1CCCCCC1. The van der Waals surface area contributed by atoms with Crippen LogP contribution in [-0.4, -0.2) is 13.1 Å². The Balaban J connectivity index is 2.48. The highest BCUT2D eigenvalue weighted by Crippen LogP contribution is 2.28. The molecule has 0 aromatic carbocycles. The molecule has 74 valence electrons. The second kappa shape index (κ2) is 5.05. The van der Waals surface area contributed by atoms with Crippen LogP contribution in [0.25, 0.3) is 0 Å². The molecule has 1 aliphatic rings. The first-order valence-electron chi connectivity index (χ1n) is 5.03. The minimum absolute atomic E-state index is 0.230. The lowest BCUT2D eigenvalue weighted by Crippen LogP contribution is -2.13. The minimum atomic E-state index is -0.230. The Labute approximate surface area is 80.0 Å². The van der Waals surface area contributed by atoms with Crippen LogP contribution in [0.1, 0.15) is 38.5 Å². The molecule has 0 amide bonds. The molecule has 0 saturated heterocycles. The van der Waals surface area contributed by atoms with Gasteiger partial charge in [0.25, 0.3) is 0 Å². The van der Waals surface area contributed by atoms with Crippen LogP contribution in [0.15, 0.2) is 12.2 Å². The third-order valence-corrected chi connectivity index (χ3v) is 2.80. The molecule has 0 spiro atoms. The summed E-state index contributed by atoms with van der Waals surface area (Å²) in [6.45, 7) is 3.82. The summed E-state index contributed by atoms with van der Waals surface area (Å²) in [5.41, 5.74) is 0.671. The van der Waals surface area contributed by atoms with Crippen molar-refractivity contribution in [1.82, 2.24) is 0 Å². The lowest BCUT2D eigenvalue weighted by molar-refractivity contribution is -0.136. The fraction of sp³-hybridized carbons (Fsp3) is 0.727. The third-order valence-electron chi connectivity index (χ3n) is 2.80. The number of hydrogen-bond acceptors (Lipinski definition) is 2. The molecule has 1 saturated carbocycles. The van der Waals surface area contributed by atoms with E-state index in [4.69, 9.17) is 0 Å². The zero-order valence-electron chi connectivity index (χ0n) is 8.34. The van der Waals surface area contributed by atoms with E-state index in [0.29, 0.717) is 11.5 Å². The van der Waals surface area contributed by atoms with Crippen molar-refractivity contribution in [2.75, 3.05) is 7.11 Å². The van der Waals surface area contributed by atoms with Crippen LogP contribution in [0.2, 0.25) is 0 Å². The molecule has 0 aliphatic heterocycles. The van der Waals surface area contributed by atoms with Crippen LogP contribution in [0, 0.1) is 5.92 Å². The van der Waals surface area contributed by atoms with Crippen LogP contribution < -0.4 is 0 Å². The lowest BCUT2D eigenvalue weighted by atomic mass is 9.93. The number of hydrogen-bond donors (Lipinski definition) is 0. The van der Waals surface area contributed by atoms with Gasteiger partial charge >= 0.3 is 5.97 Å². The summed E-state index contributed by atoms with van der Waals surface area (Å²) in [6, 6.07) is 0. The summed E-state index contributed by atoms with van der Waals surface area (Å²) in [5.74, 6) is 0.141. The van der Waals surface area contributed by atoms with Crippen molar-refractivity contribution < 1.29 is 9.53 Å². The van der Waals surface area contributed by atoms with Crippen LogP contribution >= 0.6 is 0 Å². The predicted molar refractivity (Wildman–Crippen MR) is 52.3 cm³/mol. The second-order valence-electron chi connectivity index (χ2n) is 3.71. The van der Waals surface area contributed by atoms with Gasteiger partial charge in [-0.25, -0.2) is 4.79 Å². The molecule has 0 atom stereocenters. The molecule has 2 heteroatoms. The molecular formula is C11H18O2. The molecule has 0 N–H and O–H groups in total. The fourth-order valence-corrected chi connectivity index (χ4v) is 1.93. The van der Waals surface area contributed by atoms with E-state index in [9.17, 15) is 4.79 Å². The van der Waals surface area contributed by atoms with E-state index >= 15 is 0 Å². The van der Waals surface area contributed by atoms with E-state index in [-0.39, 0.29) is 5.97 Å². The molecule has 0 bridgehead atoms. The van der Waals surface area contributed by atoms with E-state index < -0.39 is 0 Å². The summed E-state index contributed by atoms with van der Waals surface area (Å²) in [5, 5.41) is 0. The average molecular weight is 182 g/mol. The number of methoxy groups -OCH3 is 1. The van der Waals surface area contributed by atoms with Gasteiger partial charge in [0.1, 0.15) is 0 Å². The molecule has 0 aromatic rings. The number of rotatable bonds is 2. The van der Waals surface area contributed by atoms with Crippen LogP contribution in [0.5, 0.6) is 0 Å². The smallest absolute Gasteiger partial charge is 0.333 e. The zero-order valence-corrected chi connectivity index (χ0v) is 8.34. The molecule has 1 aliphatic carbocycles. The lowest BCUT2D eigenvalue weighted by Gasteiger charge is -2.14. The van der Waals surface area contributed by atoms with E-state index in [1.54, 1.807) is 0 Å². The highest BCUT2D eigenvalue weighted by atomic mass is 16.5. The van der Waals surface area contributed by atoms with Gasteiger partial charge in [0, 0.05) is 5.57 Å². The van der Waals surface area contributed by atoms with Crippen LogP contribution in [0.3, 0.4) is 0 Å². The van der Waals surface area contributed by atoms with Crippen molar-refractivity contribution in [3.63, 3.8) is 0 Å². The molecule has 0 aromatic heterocycles. The standard InChI is InChI=1S/C11H18O2/c1-9(11(12)13-2)10-7-5-3-4-6-8-10/h10H,1,3-8H2,2H3. The van der Waals surface area contributed by atoms with E-state index in [1.165, 1.54) is 32.8 Å². The van der Waals surface area contributed by atoms with Crippen molar-refractivity contribution in [2.45, 2.75) is 38.5 Å². The fourth-order valence-electron chi connectivity index (χ4n) is 1.93. The predicted octanol–water partition coefficient (Wildman–Crippen LogP) is 2.69. The van der Waals surface area contributed by atoms with Crippen molar-refractivity contribution in [1.29, 1.82) is 0 Å².